The summed E-state index contributed by atoms with van der Waals surface area (Å²) >= 11 is 1.60. The Morgan fingerprint density at radius 1 is 1.50 bits per heavy atom. The Kier molecular flexibility index (Phi) is 4.42. The molecule has 20 heavy (non-hydrogen) atoms. The van der Waals surface area contributed by atoms with Crippen molar-refractivity contribution in [2.75, 3.05) is 12.8 Å². The molecular formula is C14H20N2O3S. The molecule has 6 heteroatoms. The van der Waals surface area contributed by atoms with Crippen molar-refractivity contribution in [3.63, 3.8) is 0 Å². The highest BCUT2D eigenvalue weighted by atomic mass is 32.2. The maximum atomic E-state index is 12.1. The van der Waals surface area contributed by atoms with Gasteiger partial charge in [0, 0.05) is 37.0 Å². The summed E-state index contributed by atoms with van der Waals surface area (Å²) in [5, 5.41) is 3.53. The van der Waals surface area contributed by atoms with Gasteiger partial charge in [-0.1, -0.05) is 0 Å². The summed E-state index contributed by atoms with van der Waals surface area (Å²) in [5.74, 6) is 0.358. The second-order valence-corrected chi connectivity index (χ2v) is 6.16. The monoisotopic (exact) mass is 296 g/mol. The highest BCUT2D eigenvalue weighted by molar-refractivity contribution is 8.03. The molecule has 1 unspecified atom stereocenters. The first kappa shape index (κ1) is 15.0. The molecule has 0 aromatic heterocycles. The molecule has 2 heterocycles. The minimum Gasteiger partial charge on any atom is -0.460 e. The SMILES string of the molecule is CNC(=O)/C=C1\CSC2=C(C(=O)OC(C)C)CC(C)N21. The molecule has 0 radical (unpaired) electrons. The molecular weight excluding hydrogens is 276 g/mol. The molecule has 1 fully saturated rings. The van der Waals surface area contributed by atoms with Crippen LogP contribution in [0, 0.1) is 0 Å². The van der Waals surface area contributed by atoms with Gasteiger partial charge in [-0.3, -0.25) is 4.79 Å². The normalized spacial score (nSPS) is 23.6. The van der Waals surface area contributed by atoms with Gasteiger partial charge < -0.3 is 15.0 Å². The summed E-state index contributed by atoms with van der Waals surface area (Å²) < 4.78 is 5.29. The molecule has 110 valence electrons. The summed E-state index contributed by atoms with van der Waals surface area (Å²) in [6.45, 7) is 5.75. The van der Waals surface area contributed by atoms with E-state index in [9.17, 15) is 9.59 Å². The van der Waals surface area contributed by atoms with Crippen molar-refractivity contribution >= 4 is 23.6 Å². The van der Waals surface area contributed by atoms with Crippen LogP contribution in [0.4, 0.5) is 0 Å². The number of nitrogens with one attached hydrogen (secondary N) is 1. The smallest absolute Gasteiger partial charge is 0.337 e. The molecule has 2 rings (SSSR count). The van der Waals surface area contributed by atoms with E-state index < -0.39 is 0 Å². The van der Waals surface area contributed by atoms with Crippen LogP contribution in [0.5, 0.6) is 0 Å². The average molecular weight is 296 g/mol. The minimum atomic E-state index is -0.238. The van der Waals surface area contributed by atoms with E-state index in [1.165, 1.54) is 0 Å². The van der Waals surface area contributed by atoms with Crippen LogP contribution >= 0.6 is 11.8 Å². The van der Waals surface area contributed by atoms with Crippen LogP contribution < -0.4 is 5.32 Å². The summed E-state index contributed by atoms with van der Waals surface area (Å²) in [7, 11) is 1.61. The van der Waals surface area contributed by atoms with Crippen molar-refractivity contribution < 1.29 is 14.3 Å². The number of rotatable bonds is 3. The number of nitrogens with zero attached hydrogens (tertiary/aromatic N) is 1. The Hall–Kier alpha value is -1.43. The highest BCUT2D eigenvalue weighted by Gasteiger charge is 2.39. The zero-order valence-electron chi connectivity index (χ0n) is 12.2. The number of esters is 1. The number of thioether (sulfide) groups is 1. The molecule has 0 aromatic rings. The van der Waals surface area contributed by atoms with Crippen molar-refractivity contribution in [2.45, 2.75) is 39.3 Å². The van der Waals surface area contributed by atoms with Gasteiger partial charge >= 0.3 is 5.97 Å². The van der Waals surface area contributed by atoms with E-state index >= 15 is 0 Å². The van der Waals surface area contributed by atoms with Crippen molar-refractivity contribution in [2.24, 2.45) is 0 Å². The van der Waals surface area contributed by atoms with Crippen molar-refractivity contribution in [1.82, 2.24) is 10.2 Å². The Bertz CT molecular complexity index is 497. The molecule has 5 nitrogen and oxygen atoms in total. The number of fused-ring (bicyclic) bond motifs is 1. The second kappa shape index (κ2) is 5.91. The van der Waals surface area contributed by atoms with Crippen molar-refractivity contribution in [3.8, 4) is 0 Å². The van der Waals surface area contributed by atoms with Crippen LogP contribution in [0.2, 0.25) is 0 Å². The largest absolute Gasteiger partial charge is 0.460 e. The first-order valence-corrected chi connectivity index (χ1v) is 7.71. The van der Waals surface area contributed by atoms with E-state index in [0.717, 1.165) is 16.3 Å². The molecule has 1 N–H and O–H groups in total. The maximum absolute atomic E-state index is 12.1. The van der Waals surface area contributed by atoms with Crippen LogP contribution in [0.1, 0.15) is 27.2 Å². The molecule has 0 aliphatic carbocycles. The summed E-state index contributed by atoms with van der Waals surface area (Å²) in [6, 6.07) is 0.186. The molecule has 0 spiro atoms. The minimum absolute atomic E-state index is 0.118. The summed E-state index contributed by atoms with van der Waals surface area (Å²) in [4.78, 5) is 25.7. The fourth-order valence-corrected chi connectivity index (χ4v) is 3.68. The third-order valence-corrected chi connectivity index (χ3v) is 4.37. The number of likely N-dealkylation sites (N-methyl/N-ethyl adjacent to an activating group) is 1. The maximum Gasteiger partial charge on any atom is 0.337 e. The van der Waals surface area contributed by atoms with Crippen LogP contribution in [-0.2, 0) is 14.3 Å². The molecule has 2 aliphatic heterocycles. The first-order chi connectivity index (χ1) is 9.43. The second-order valence-electron chi connectivity index (χ2n) is 5.20. The van der Waals surface area contributed by atoms with Gasteiger partial charge in [-0.2, -0.15) is 0 Å². The Morgan fingerprint density at radius 2 is 2.20 bits per heavy atom. The molecule has 0 saturated carbocycles. The molecule has 0 bridgehead atoms. The molecule has 0 aromatic carbocycles. The van der Waals surface area contributed by atoms with E-state index in [-0.39, 0.29) is 24.0 Å². The van der Waals surface area contributed by atoms with E-state index in [2.05, 4.69) is 17.1 Å². The van der Waals surface area contributed by atoms with Gasteiger partial charge in [-0.15, -0.1) is 11.8 Å². The fraction of sp³-hybridized carbons (Fsp3) is 0.571. The van der Waals surface area contributed by atoms with E-state index in [4.69, 9.17) is 4.74 Å². The van der Waals surface area contributed by atoms with Crippen LogP contribution in [0.3, 0.4) is 0 Å². The fourth-order valence-electron chi connectivity index (χ4n) is 2.39. The third kappa shape index (κ3) is 2.85. The lowest BCUT2D eigenvalue weighted by Gasteiger charge is -2.21. The molecule has 2 aliphatic rings. The summed E-state index contributed by atoms with van der Waals surface area (Å²) in [5.41, 5.74) is 1.68. The predicted octanol–water partition coefficient (Wildman–Crippen LogP) is 1.62. The topological polar surface area (TPSA) is 58.6 Å². The third-order valence-electron chi connectivity index (χ3n) is 3.22. The van der Waals surface area contributed by atoms with Crippen LogP contribution in [-0.4, -0.2) is 41.7 Å². The van der Waals surface area contributed by atoms with E-state index in [1.807, 2.05) is 13.8 Å². The van der Waals surface area contributed by atoms with Crippen LogP contribution in [0.25, 0.3) is 0 Å². The first-order valence-electron chi connectivity index (χ1n) is 6.72. The molecule has 1 amide bonds. The standard InChI is InChI=1S/C14H20N2O3S/c1-8(2)19-14(18)11-5-9(3)16-10(6-12(17)15-4)7-20-13(11)16/h6,8-9H,5,7H2,1-4H3,(H,15,17)/b10-6+. The lowest BCUT2D eigenvalue weighted by atomic mass is 10.1. The number of hydrogen-bond donors (Lipinski definition) is 1. The predicted molar refractivity (Wildman–Crippen MR) is 78.8 cm³/mol. The number of hydrogen-bond acceptors (Lipinski definition) is 5. The molecule has 1 atom stereocenters. The Morgan fingerprint density at radius 3 is 2.80 bits per heavy atom. The van der Waals surface area contributed by atoms with Gasteiger partial charge in [0.25, 0.3) is 0 Å². The van der Waals surface area contributed by atoms with Gasteiger partial charge in [0.05, 0.1) is 16.7 Å². The van der Waals surface area contributed by atoms with Gasteiger partial charge in [0.15, 0.2) is 0 Å². The van der Waals surface area contributed by atoms with Crippen molar-refractivity contribution in [1.29, 1.82) is 0 Å². The molecule has 1 saturated heterocycles. The lowest BCUT2D eigenvalue weighted by Crippen LogP contribution is -2.25. The Labute approximate surface area is 123 Å². The number of carbonyl (C=O) groups excluding carboxylic acids is 2. The summed E-state index contributed by atoms with van der Waals surface area (Å²) in [6.07, 6.45) is 2.15. The zero-order valence-corrected chi connectivity index (χ0v) is 13.0. The Balaban J connectivity index is 2.24. The zero-order chi connectivity index (χ0) is 14.9. The van der Waals surface area contributed by atoms with Gasteiger partial charge in [-0.25, -0.2) is 4.79 Å². The van der Waals surface area contributed by atoms with E-state index in [1.54, 1.807) is 24.9 Å². The average Bonchev–Trinajstić information content (AvgIpc) is 2.91. The van der Waals surface area contributed by atoms with Gasteiger partial charge in [-0.05, 0) is 20.8 Å². The highest BCUT2D eigenvalue weighted by Crippen LogP contribution is 2.45. The number of amides is 1. The van der Waals surface area contributed by atoms with Gasteiger partial charge in [0.1, 0.15) is 0 Å². The number of ether oxygens (including phenoxy) is 1. The lowest BCUT2D eigenvalue weighted by molar-refractivity contribution is -0.142. The van der Waals surface area contributed by atoms with E-state index in [0.29, 0.717) is 12.2 Å². The van der Waals surface area contributed by atoms with Gasteiger partial charge in [0.2, 0.25) is 5.91 Å². The van der Waals surface area contributed by atoms with Crippen LogP contribution in [0.15, 0.2) is 22.4 Å². The van der Waals surface area contributed by atoms with Crippen molar-refractivity contribution in [3.05, 3.63) is 22.4 Å². The number of carbonyl (C=O) groups is 2. The quantitative estimate of drug-likeness (QED) is 0.633.